The normalized spacial score (nSPS) is 14.9. The van der Waals surface area contributed by atoms with Gasteiger partial charge >= 0.3 is 0 Å². The van der Waals surface area contributed by atoms with Crippen LogP contribution >= 0.6 is 24.0 Å². The van der Waals surface area contributed by atoms with Crippen molar-refractivity contribution in [1.29, 1.82) is 0 Å². The summed E-state index contributed by atoms with van der Waals surface area (Å²) in [6.07, 6.45) is 2.55. The number of benzene rings is 1. The average Bonchev–Trinajstić information content (AvgIpc) is 3.01. The molecule has 1 aliphatic heterocycles. The minimum Gasteiger partial charge on any atom is -0.375 e. The summed E-state index contributed by atoms with van der Waals surface area (Å²) in [6, 6.07) is 10.3. The van der Waals surface area contributed by atoms with Gasteiger partial charge in [-0.3, -0.25) is 4.99 Å². The van der Waals surface area contributed by atoms with E-state index in [0.29, 0.717) is 19.8 Å². The van der Waals surface area contributed by atoms with E-state index in [4.69, 9.17) is 4.74 Å². The smallest absolute Gasteiger partial charge is 0.193 e. The van der Waals surface area contributed by atoms with Crippen LogP contribution in [0.4, 0.5) is 0 Å². The van der Waals surface area contributed by atoms with Crippen LogP contribution in [0, 0.1) is 0 Å². The SMILES string of the molecule is CCNC(=NCCOCc1ccccc1)N1CCCC1.I. The Morgan fingerprint density at radius 1 is 1.24 bits per heavy atom. The summed E-state index contributed by atoms with van der Waals surface area (Å²) in [5.41, 5.74) is 1.21. The molecule has 1 aliphatic rings. The van der Waals surface area contributed by atoms with Crippen molar-refractivity contribution in [1.82, 2.24) is 10.2 Å². The molecule has 0 spiro atoms. The minimum atomic E-state index is 0. The highest BCUT2D eigenvalue weighted by molar-refractivity contribution is 14.0. The standard InChI is InChI=1S/C16H25N3O.HI/c1-2-17-16(19-11-6-7-12-19)18-10-13-20-14-15-8-4-3-5-9-15;/h3-5,8-9H,2,6-7,10-14H2,1H3,(H,17,18);1H. The molecule has 2 rings (SSSR count). The van der Waals surface area contributed by atoms with Gasteiger partial charge in [0.1, 0.15) is 0 Å². The Balaban J connectivity index is 0.00000220. The molecule has 0 atom stereocenters. The average molecular weight is 403 g/mol. The number of nitrogens with one attached hydrogen (secondary N) is 1. The van der Waals surface area contributed by atoms with Gasteiger partial charge in [-0.1, -0.05) is 30.3 Å². The number of hydrogen-bond acceptors (Lipinski definition) is 2. The van der Waals surface area contributed by atoms with Crippen LogP contribution in [0.2, 0.25) is 0 Å². The molecule has 0 aromatic heterocycles. The zero-order chi connectivity index (χ0) is 14.0. The lowest BCUT2D eigenvalue weighted by molar-refractivity contribution is 0.128. The van der Waals surface area contributed by atoms with E-state index in [9.17, 15) is 0 Å². The second kappa shape index (κ2) is 10.8. The molecular formula is C16H26IN3O. The van der Waals surface area contributed by atoms with E-state index in [1.54, 1.807) is 0 Å². The van der Waals surface area contributed by atoms with E-state index < -0.39 is 0 Å². The highest BCUT2D eigenvalue weighted by Crippen LogP contribution is 2.07. The van der Waals surface area contributed by atoms with Gasteiger partial charge in [0.05, 0.1) is 19.8 Å². The quantitative estimate of drug-likeness (QED) is 0.344. The molecule has 21 heavy (non-hydrogen) atoms. The first-order chi connectivity index (χ1) is 9.90. The first kappa shape index (κ1) is 18.2. The lowest BCUT2D eigenvalue weighted by Crippen LogP contribution is -2.39. The van der Waals surface area contributed by atoms with Gasteiger partial charge in [-0.15, -0.1) is 24.0 Å². The van der Waals surface area contributed by atoms with E-state index >= 15 is 0 Å². The summed E-state index contributed by atoms with van der Waals surface area (Å²) in [7, 11) is 0. The monoisotopic (exact) mass is 403 g/mol. The van der Waals surface area contributed by atoms with Gasteiger partial charge in [0.15, 0.2) is 5.96 Å². The maximum atomic E-state index is 5.66. The Hall–Kier alpha value is -0.820. The fraction of sp³-hybridized carbons (Fsp3) is 0.562. The number of nitrogens with zero attached hydrogens (tertiary/aromatic N) is 2. The van der Waals surface area contributed by atoms with Gasteiger partial charge in [0.2, 0.25) is 0 Å². The molecule has 0 bridgehead atoms. The molecule has 1 saturated heterocycles. The number of guanidine groups is 1. The van der Waals surface area contributed by atoms with Crippen LogP contribution in [-0.2, 0) is 11.3 Å². The van der Waals surface area contributed by atoms with Gasteiger partial charge in [0.25, 0.3) is 0 Å². The van der Waals surface area contributed by atoms with Gasteiger partial charge in [-0.05, 0) is 25.3 Å². The van der Waals surface area contributed by atoms with E-state index in [1.165, 1.54) is 18.4 Å². The number of halogens is 1. The summed E-state index contributed by atoms with van der Waals surface area (Å²) in [5.74, 6) is 1.04. The van der Waals surface area contributed by atoms with Crippen molar-refractivity contribution in [3.05, 3.63) is 35.9 Å². The fourth-order valence-corrected chi connectivity index (χ4v) is 2.34. The highest BCUT2D eigenvalue weighted by atomic mass is 127. The molecule has 0 aliphatic carbocycles. The van der Waals surface area contributed by atoms with E-state index in [2.05, 4.69) is 34.3 Å². The largest absolute Gasteiger partial charge is 0.375 e. The molecule has 1 fully saturated rings. The van der Waals surface area contributed by atoms with Crippen molar-refractivity contribution in [2.24, 2.45) is 4.99 Å². The summed E-state index contributed by atoms with van der Waals surface area (Å²) in [5, 5.41) is 3.35. The Labute approximate surface area is 145 Å². The molecule has 0 unspecified atom stereocenters. The predicted octanol–water partition coefficient (Wildman–Crippen LogP) is 2.88. The van der Waals surface area contributed by atoms with Gasteiger partial charge < -0.3 is 15.0 Å². The molecular weight excluding hydrogens is 377 g/mol. The molecule has 5 heteroatoms. The maximum absolute atomic E-state index is 5.66. The van der Waals surface area contributed by atoms with Crippen LogP contribution in [0.25, 0.3) is 0 Å². The van der Waals surface area contributed by atoms with E-state index in [-0.39, 0.29) is 24.0 Å². The topological polar surface area (TPSA) is 36.9 Å². The van der Waals surface area contributed by atoms with E-state index in [0.717, 1.165) is 25.6 Å². The van der Waals surface area contributed by atoms with Gasteiger partial charge in [0, 0.05) is 19.6 Å². The Kier molecular flexibility index (Phi) is 9.41. The molecule has 1 aromatic rings. The van der Waals surface area contributed by atoms with Crippen molar-refractivity contribution in [2.75, 3.05) is 32.8 Å². The molecule has 118 valence electrons. The summed E-state index contributed by atoms with van der Waals surface area (Å²) < 4.78 is 5.66. The van der Waals surface area contributed by atoms with Crippen molar-refractivity contribution in [2.45, 2.75) is 26.4 Å². The number of likely N-dealkylation sites (tertiary alicyclic amines) is 1. The first-order valence-corrected chi connectivity index (χ1v) is 7.55. The lowest BCUT2D eigenvalue weighted by atomic mass is 10.2. The third kappa shape index (κ3) is 6.65. The van der Waals surface area contributed by atoms with Crippen LogP contribution in [0.3, 0.4) is 0 Å². The van der Waals surface area contributed by atoms with E-state index in [1.807, 2.05) is 18.2 Å². The lowest BCUT2D eigenvalue weighted by Gasteiger charge is -2.20. The third-order valence-electron chi connectivity index (χ3n) is 3.35. The number of aliphatic imine (C=N–C) groups is 1. The maximum Gasteiger partial charge on any atom is 0.193 e. The number of ether oxygens (including phenoxy) is 1. The zero-order valence-electron chi connectivity index (χ0n) is 12.8. The van der Waals surface area contributed by atoms with Crippen molar-refractivity contribution >= 4 is 29.9 Å². The molecule has 0 amide bonds. The van der Waals surface area contributed by atoms with Crippen LogP contribution in [-0.4, -0.2) is 43.6 Å². The highest BCUT2D eigenvalue weighted by Gasteiger charge is 2.14. The van der Waals surface area contributed by atoms with Gasteiger partial charge in [-0.2, -0.15) is 0 Å². The fourth-order valence-electron chi connectivity index (χ4n) is 2.34. The first-order valence-electron chi connectivity index (χ1n) is 7.55. The number of hydrogen-bond donors (Lipinski definition) is 1. The minimum absolute atomic E-state index is 0. The molecule has 0 radical (unpaired) electrons. The van der Waals surface area contributed by atoms with Crippen molar-refractivity contribution in [3.63, 3.8) is 0 Å². The molecule has 1 N–H and O–H groups in total. The Morgan fingerprint density at radius 3 is 2.62 bits per heavy atom. The summed E-state index contributed by atoms with van der Waals surface area (Å²) in [4.78, 5) is 6.97. The molecule has 0 saturated carbocycles. The summed E-state index contributed by atoms with van der Waals surface area (Å²) >= 11 is 0. The third-order valence-corrected chi connectivity index (χ3v) is 3.35. The zero-order valence-corrected chi connectivity index (χ0v) is 15.1. The second-order valence-electron chi connectivity index (χ2n) is 4.97. The van der Waals surface area contributed by atoms with Crippen LogP contribution in [0.5, 0.6) is 0 Å². The molecule has 4 nitrogen and oxygen atoms in total. The van der Waals surface area contributed by atoms with Crippen molar-refractivity contribution < 1.29 is 4.74 Å². The molecule has 1 aromatic carbocycles. The van der Waals surface area contributed by atoms with Gasteiger partial charge in [-0.25, -0.2) is 0 Å². The van der Waals surface area contributed by atoms with Crippen molar-refractivity contribution in [3.8, 4) is 0 Å². The van der Waals surface area contributed by atoms with Crippen LogP contribution in [0.15, 0.2) is 35.3 Å². The second-order valence-corrected chi connectivity index (χ2v) is 4.97. The molecule has 1 heterocycles. The Bertz CT molecular complexity index is 405. The summed E-state index contributed by atoms with van der Waals surface area (Å²) in [6.45, 7) is 7.31. The predicted molar refractivity (Wildman–Crippen MR) is 98.3 cm³/mol. The van der Waals surface area contributed by atoms with Crippen LogP contribution in [0.1, 0.15) is 25.3 Å². The van der Waals surface area contributed by atoms with Crippen LogP contribution < -0.4 is 5.32 Å². The number of rotatable bonds is 6. The Morgan fingerprint density at radius 2 is 1.95 bits per heavy atom.